The molecule has 0 rings (SSSR count). The van der Waals surface area contributed by atoms with Gasteiger partial charge in [-0.3, -0.25) is 0 Å². The van der Waals surface area contributed by atoms with Crippen molar-refractivity contribution in [3.8, 4) is 0 Å². The van der Waals surface area contributed by atoms with Gasteiger partial charge in [-0.25, -0.2) is 9.59 Å². The summed E-state index contributed by atoms with van der Waals surface area (Å²) in [6.07, 6.45) is 10.9. The van der Waals surface area contributed by atoms with Crippen LogP contribution in [-0.4, -0.2) is 25.2 Å². The van der Waals surface area contributed by atoms with Crippen LogP contribution < -0.4 is 0 Å². The summed E-state index contributed by atoms with van der Waals surface area (Å²) < 4.78 is 10.1. The standard InChI is InChI=1S/C20H38O4/c1-5-9-11-17(7-3)13-15-23-19(21)20(22)24-16-14-18(8-4)12-10-6-2/h17-18H,5-16H2,1-4H3. The zero-order valence-electron chi connectivity index (χ0n) is 16.3. The highest BCUT2D eigenvalue weighted by atomic mass is 16.6. The molecule has 0 saturated carbocycles. The number of unbranched alkanes of at least 4 members (excludes halogenated alkanes) is 2. The molecule has 0 heterocycles. The van der Waals surface area contributed by atoms with Crippen LogP contribution in [0.1, 0.15) is 91.9 Å². The topological polar surface area (TPSA) is 52.6 Å². The Morgan fingerprint density at radius 1 is 0.667 bits per heavy atom. The van der Waals surface area contributed by atoms with Gasteiger partial charge in [-0.1, -0.05) is 79.1 Å². The number of hydrogen-bond acceptors (Lipinski definition) is 4. The van der Waals surface area contributed by atoms with Gasteiger partial charge in [0.2, 0.25) is 0 Å². The van der Waals surface area contributed by atoms with Gasteiger partial charge in [-0.2, -0.15) is 0 Å². The number of hydrogen-bond donors (Lipinski definition) is 0. The first-order chi connectivity index (χ1) is 11.6. The van der Waals surface area contributed by atoms with Gasteiger partial charge in [0.05, 0.1) is 13.2 Å². The monoisotopic (exact) mass is 342 g/mol. The first-order valence-electron chi connectivity index (χ1n) is 9.92. The Hall–Kier alpha value is -1.06. The largest absolute Gasteiger partial charge is 0.457 e. The SMILES string of the molecule is CCCCC(CC)CCOC(=O)C(=O)OCCC(CC)CCCC. The smallest absolute Gasteiger partial charge is 0.417 e. The predicted octanol–water partition coefficient (Wildman–Crippen LogP) is 5.29. The molecule has 0 N–H and O–H groups in total. The van der Waals surface area contributed by atoms with E-state index in [0.717, 1.165) is 38.5 Å². The molecule has 4 nitrogen and oxygen atoms in total. The average Bonchev–Trinajstić information content (AvgIpc) is 2.60. The first-order valence-corrected chi connectivity index (χ1v) is 9.92. The van der Waals surface area contributed by atoms with Gasteiger partial charge >= 0.3 is 11.9 Å². The van der Waals surface area contributed by atoms with E-state index in [0.29, 0.717) is 25.0 Å². The molecule has 0 amide bonds. The van der Waals surface area contributed by atoms with Crippen molar-refractivity contribution in [1.29, 1.82) is 0 Å². The van der Waals surface area contributed by atoms with Gasteiger partial charge in [0.1, 0.15) is 0 Å². The molecule has 0 aliphatic rings. The van der Waals surface area contributed by atoms with Crippen LogP contribution in [0.25, 0.3) is 0 Å². The summed E-state index contributed by atoms with van der Waals surface area (Å²) in [6, 6.07) is 0. The van der Waals surface area contributed by atoms with Crippen molar-refractivity contribution >= 4 is 11.9 Å². The Morgan fingerprint density at radius 2 is 1.04 bits per heavy atom. The van der Waals surface area contributed by atoms with Crippen LogP contribution in [0.4, 0.5) is 0 Å². The second kappa shape index (κ2) is 15.5. The molecule has 0 spiro atoms. The fraction of sp³-hybridized carbons (Fsp3) is 0.900. The lowest BCUT2D eigenvalue weighted by molar-refractivity contribution is -0.168. The fourth-order valence-corrected chi connectivity index (χ4v) is 2.85. The molecule has 24 heavy (non-hydrogen) atoms. The summed E-state index contributed by atoms with van der Waals surface area (Å²) in [7, 11) is 0. The molecule has 0 aliphatic heterocycles. The summed E-state index contributed by atoms with van der Waals surface area (Å²) in [5.74, 6) is -0.556. The molecule has 142 valence electrons. The normalized spacial score (nSPS) is 13.3. The maximum absolute atomic E-state index is 11.6. The quantitative estimate of drug-likeness (QED) is 0.318. The minimum absolute atomic E-state index is 0.310. The molecule has 0 radical (unpaired) electrons. The van der Waals surface area contributed by atoms with Crippen LogP contribution in [0.3, 0.4) is 0 Å². The number of esters is 2. The first kappa shape index (κ1) is 22.9. The third-order valence-corrected chi connectivity index (χ3v) is 4.77. The van der Waals surface area contributed by atoms with E-state index in [1.54, 1.807) is 0 Å². The van der Waals surface area contributed by atoms with E-state index in [1.165, 1.54) is 25.7 Å². The van der Waals surface area contributed by atoms with Gasteiger partial charge in [0.25, 0.3) is 0 Å². The van der Waals surface area contributed by atoms with Gasteiger partial charge in [-0.15, -0.1) is 0 Å². The predicted molar refractivity (Wildman–Crippen MR) is 97.8 cm³/mol. The second-order valence-electron chi connectivity index (χ2n) is 6.68. The number of ether oxygens (including phenoxy) is 2. The van der Waals surface area contributed by atoms with Crippen molar-refractivity contribution in [3.05, 3.63) is 0 Å². The summed E-state index contributed by atoms with van der Waals surface area (Å²) in [5, 5.41) is 0. The number of carbonyl (C=O) groups is 2. The van der Waals surface area contributed by atoms with Crippen molar-refractivity contribution in [1.82, 2.24) is 0 Å². The van der Waals surface area contributed by atoms with E-state index >= 15 is 0 Å². The maximum atomic E-state index is 11.6. The fourth-order valence-electron chi connectivity index (χ4n) is 2.85. The lowest BCUT2D eigenvalue weighted by Crippen LogP contribution is -2.22. The lowest BCUT2D eigenvalue weighted by Gasteiger charge is -2.15. The summed E-state index contributed by atoms with van der Waals surface area (Å²) in [5.41, 5.74) is 0. The van der Waals surface area contributed by atoms with Gasteiger partial charge in [0.15, 0.2) is 0 Å². The average molecular weight is 343 g/mol. The van der Waals surface area contributed by atoms with Crippen LogP contribution in [-0.2, 0) is 19.1 Å². The molecule has 0 aliphatic carbocycles. The highest BCUT2D eigenvalue weighted by Crippen LogP contribution is 2.17. The molecule has 0 fully saturated rings. The number of rotatable bonds is 14. The lowest BCUT2D eigenvalue weighted by atomic mass is 9.96. The molecule has 0 aromatic heterocycles. The molecule has 0 aromatic carbocycles. The van der Waals surface area contributed by atoms with Crippen LogP contribution in [0.2, 0.25) is 0 Å². The molecule has 0 bridgehead atoms. The van der Waals surface area contributed by atoms with Crippen LogP contribution >= 0.6 is 0 Å². The van der Waals surface area contributed by atoms with Crippen molar-refractivity contribution in [2.24, 2.45) is 11.8 Å². The Kier molecular flexibility index (Phi) is 14.8. The second-order valence-corrected chi connectivity index (χ2v) is 6.68. The molecule has 0 aromatic rings. The molecule has 2 atom stereocenters. The zero-order valence-corrected chi connectivity index (χ0v) is 16.3. The van der Waals surface area contributed by atoms with Crippen molar-refractivity contribution < 1.29 is 19.1 Å². The highest BCUT2D eigenvalue weighted by molar-refractivity contribution is 6.29. The van der Waals surface area contributed by atoms with Gasteiger partial charge < -0.3 is 9.47 Å². The summed E-state index contributed by atoms with van der Waals surface area (Å²) >= 11 is 0. The Bertz CT molecular complexity index is 296. The Labute approximate surface area is 148 Å². The Morgan fingerprint density at radius 3 is 1.33 bits per heavy atom. The zero-order chi connectivity index (χ0) is 18.2. The van der Waals surface area contributed by atoms with Crippen LogP contribution in [0.5, 0.6) is 0 Å². The van der Waals surface area contributed by atoms with E-state index in [4.69, 9.17) is 9.47 Å². The molecule has 0 saturated heterocycles. The van der Waals surface area contributed by atoms with E-state index in [1.807, 2.05) is 0 Å². The van der Waals surface area contributed by atoms with Crippen molar-refractivity contribution in [2.45, 2.75) is 91.9 Å². The molecule has 4 heteroatoms. The summed E-state index contributed by atoms with van der Waals surface area (Å²) in [4.78, 5) is 23.3. The van der Waals surface area contributed by atoms with E-state index in [9.17, 15) is 9.59 Å². The number of carbonyl (C=O) groups excluding carboxylic acids is 2. The van der Waals surface area contributed by atoms with Gasteiger partial charge in [0, 0.05) is 0 Å². The van der Waals surface area contributed by atoms with E-state index in [-0.39, 0.29) is 0 Å². The van der Waals surface area contributed by atoms with Crippen molar-refractivity contribution in [2.75, 3.05) is 13.2 Å². The van der Waals surface area contributed by atoms with Gasteiger partial charge in [-0.05, 0) is 24.7 Å². The summed E-state index contributed by atoms with van der Waals surface area (Å²) in [6.45, 7) is 9.27. The van der Waals surface area contributed by atoms with E-state index in [2.05, 4.69) is 27.7 Å². The third kappa shape index (κ3) is 11.5. The molecular formula is C20H38O4. The van der Waals surface area contributed by atoms with Crippen LogP contribution in [0.15, 0.2) is 0 Å². The van der Waals surface area contributed by atoms with Crippen molar-refractivity contribution in [3.63, 3.8) is 0 Å². The Balaban J connectivity index is 3.88. The van der Waals surface area contributed by atoms with Crippen LogP contribution in [0, 0.1) is 11.8 Å². The molecular weight excluding hydrogens is 304 g/mol. The van der Waals surface area contributed by atoms with E-state index < -0.39 is 11.9 Å². The minimum atomic E-state index is -0.845. The molecule has 2 unspecified atom stereocenters. The highest BCUT2D eigenvalue weighted by Gasteiger charge is 2.18. The third-order valence-electron chi connectivity index (χ3n) is 4.77. The minimum Gasteiger partial charge on any atom is -0.457 e. The maximum Gasteiger partial charge on any atom is 0.417 e.